The quantitative estimate of drug-likeness (QED) is 0.891. The fourth-order valence-corrected chi connectivity index (χ4v) is 2.21. The van der Waals surface area contributed by atoms with E-state index in [9.17, 15) is 18.7 Å². The third-order valence-corrected chi connectivity index (χ3v) is 3.68. The minimum absolute atomic E-state index is 0.0528. The summed E-state index contributed by atoms with van der Waals surface area (Å²) < 4.78 is 28.0. The molecular weight excluding hydrogens is 266 g/mol. The van der Waals surface area contributed by atoms with Gasteiger partial charge in [-0.15, -0.1) is 0 Å². The number of anilines is 2. The van der Waals surface area contributed by atoms with Crippen LogP contribution in [0, 0.1) is 0 Å². The minimum atomic E-state index is -3.79. The van der Waals surface area contributed by atoms with Crippen LogP contribution in [0.2, 0.25) is 0 Å². The van der Waals surface area contributed by atoms with Crippen molar-refractivity contribution in [2.45, 2.75) is 30.8 Å². The summed E-state index contributed by atoms with van der Waals surface area (Å²) in [6, 6.07) is 6.67. The van der Waals surface area contributed by atoms with E-state index in [1.807, 2.05) is 0 Å². The molecule has 1 aromatic rings. The van der Waals surface area contributed by atoms with Gasteiger partial charge in [0.15, 0.2) is 0 Å². The summed E-state index contributed by atoms with van der Waals surface area (Å²) in [5, 5.41) is 12.0. The second-order valence-corrected chi connectivity index (χ2v) is 5.33. The maximum Gasteiger partial charge on any atom is 0.352 e. The zero-order valence-electron chi connectivity index (χ0n) is 11.5. The highest BCUT2D eigenvalue weighted by atomic mass is 19.3. The van der Waals surface area contributed by atoms with E-state index in [0.29, 0.717) is 17.8 Å². The number of carbonyl (C=O) groups is 1. The van der Waals surface area contributed by atoms with Crippen LogP contribution in [0.25, 0.3) is 0 Å². The first kappa shape index (κ1) is 14.7. The maximum atomic E-state index is 14.0. The first-order valence-electron chi connectivity index (χ1n) is 6.46. The van der Waals surface area contributed by atoms with Gasteiger partial charge < -0.3 is 15.3 Å². The molecule has 20 heavy (non-hydrogen) atoms. The molecule has 2 N–H and O–H groups in total. The van der Waals surface area contributed by atoms with Gasteiger partial charge in [-0.1, -0.05) is 12.1 Å². The van der Waals surface area contributed by atoms with Crippen LogP contribution >= 0.6 is 0 Å². The summed E-state index contributed by atoms with van der Waals surface area (Å²) in [6.07, 6.45) is 0.402. The lowest BCUT2D eigenvalue weighted by Gasteiger charge is -2.41. The van der Waals surface area contributed by atoms with Crippen molar-refractivity contribution in [1.82, 2.24) is 0 Å². The van der Waals surface area contributed by atoms with Crippen LogP contribution in [0.15, 0.2) is 24.3 Å². The van der Waals surface area contributed by atoms with Crippen molar-refractivity contribution in [3.05, 3.63) is 24.3 Å². The molecule has 0 unspecified atom stereocenters. The molecule has 1 fully saturated rings. The molecule has 0 spiro atoms. The van der Waals surface area contributed by atoms with Gasteiger partial charge in [0.2, 0.25) is 0 Å². The fourth-order valence-electron chi connectivity index (χ4n) is 2.21. The molecule has 0 aliphatic heterocycles. The number of benzene rings is 1. The first-order valence-corrected chi connectivity index (χ1v) is 6.46. The van der Waals surface area contributed by atoms with Crippen molar-refractivity contribution in [3.63, 3.8) is 0 Å². The minimum Gasteiger partial charge on any atom is -0.383 e. The van der Waals surface area contributed by atoms with E-state index in [4.69, 9.17) is 0 Å². The molecule has 0 radical (unpaired) electrons. The summed E-state index contributed by atoms with van der Waals surface area (Å²) in [4.78, 5) is 13.5. The highest BCUT2D eigenvalue weighted by Gasteiger charge is 2.61. The second kappa shape index (κ2) is 5.01. The van der Waals surface area contributed by atoms with Gasteiger partial charge in [0.05, 0.1) is 11.4 Å². The van der Waals surface area contributed by atoms with Crippen LogP contribution in [0.5, 0.6) is 0 Å². The molecule has 2 rings (SSSR count). The third kappa shape index (κ3) is 2.35. The van der Waals surface area contributed by atoms with Crippen LogP contribution in [0.4, 0.5) is 20.2 Å². The Kier molecular flexibility index (Phi) is 3.69. The lowest BCUT2D eigenvalue weighted by molar-refractivity contribution is -0.212. The number of hydrogen-bond donors (Lipinski definition) is 2. The van der Waals surface area contributed by atoms with Crippen molar-refractivity contribution in [3.8, 4) is 0 Å². The molecule has 110 valence electrons. The van der Waals surface area contributed by atoms with E-state index in [2.05, 4.69) is 5.32 Å². The summed E-state index contributed by atoms with van der Waals surface area (Å²) in [5.41, 5.74) is -1.29. The summed E-state index contributed by atoms with van der Waals surface area (Å²) in [6.45, 7) is 0. The number of hydrogen-bond acceptors (Lipinski definition) is 3. The number of rotatable bonds is 4. The molecule has 4 nitrogen and oxygen atoms in total. The molecule has 1 saturated carbocycles. The van der Waals surface area contributed by atoms with Crippen molar-refractivity contribution in [2.75, 3.05) is 24.3 Å². The van der Waals surface area contributed by atoms with Gasteiger partial charge in [0.25, 0.3) is 5.91 Å². The van der Waals surface area contributed by atoms with E-state index in [1.165, 1.54) is 0 Å². The number of alkyl halides is 2. The fraction of sp³-hybridized carbons (Fsp3) is 0.500. The Morgan fingerprint density at radius 3 is 2.45 bits per heavy atom. The van der Waals surface area contributed by atoms with Crippen LogP contribution < -0.4 is 10.2 Å². The van der Waals surface area contributed by atoms with Gasteiger partial charge >= 0.3 is 5.92 Å². The van der Waals surface area contributed by atoms with Crippen molar-refractivity contribution in [2.24, 2.45) is 0 Å². The molecule has 1 amide bonds. The first-order chi connectivity index (χ1) is 9.28. The molecule has 0 bridgehead atoms. The molecule has 1 aromatic carbocycles. The molecule has 0 aromatic heterocycles. The Balaban J connectivity index is 2.20. The van der Waals surface area contributed by atoms with Gasteiger partial charge in [-0.2, -0.15) is 8.78 Å². The molecular formula is C14H18F2N2O2. The predicted molar refractivity (Wildman–Crippen MR) is 73.1 cm³/mol. The van der Waals surface area contributed by atoms with Crippen LogP contribution in [-0.4, -0.2) is 36.6 Å². The van der Waals surface area contributed by atoms with Crippen LogP contribution in [0.1, 0.15) is 19.3 Å². The van der Waals surface area contributed by atoms with Crippen molar-refractivity contribution >= 4 is 17.3 Å². The molecule has 1 aliphatic carbocycles. The standard InChI is InChI=1S/C14H18F2N2O2/c1-18(2)11-7-4-3-6-10(11)17-12(19)14(15,16)13(20)8-5-9-13/h3-4,6-7,20H,5,8-9H2,1-2H3,(H,17,19). The average Bonchev–Trinajstić information content (AvgIpc) is 2.36. The molecule has 0 heterocycles. The van der Waals surface area contributed by atoms with Gasteiger partial charge in [-0.05, 0) is 31.4 Å². The van der Waals surface area contributed by atoms with Crippen molar-refractivity contribution in [1.29, 1.82) is 0 Å². The summed E-state index contributed by atoms with van der Waals surface area (Å²) in [7, 11) is 3.51. The number of carbonyl (C=O) groups excluding carboxylic acids is 1. The Morgan fingerprint density at radius 1 is 1.35 bits per heavy atom. The van der Waals surface area contributed by atoms with Crippen molar-refractivity contribution < 1.29 is 18.7 Å². The van der Waals surface area contributed by atoms with Gasteiger partial charge in [0.1, 0.15) is 5.60 Å². The van der Waals surface area contributed by atoms with Gasteiger partial charge in [0, 0.05) is 14.1 Å². The highest BCUT2D eigenvalue weighted by molar-refractivity contribution is 5.99. The number of nitrogens with one attached hydrogen (secondary N) is 1. The number of para-hydroxylation sites is 2. The zero-order valence-corrected chi connectivity index (χ0v) is 11.5. The summed E-state index contributed by atoms with van der Waals surface area (Å²) >= 11 is 0. The molecule has 0 saturated heterocycles. The highest BCUT2D eigenvalue weighted by Crippen LogP contribution is 2.44. The lowest BCUT2D eigenvalue weighted by atomic mass is 9.75. The second-order valence-electron chi connectivity index (χ2n) is 5.33. The van der Waals surface area contributed by atoms with Gasteiger partial charge in [-0.25, -0.2) is 0 Å². The summed E-state index contributed by atoms with van der Waals surface area (Å²) in [5.74, 6) is -5.25. The van der Waals surface area contributed by atoms with E-state index in [0.717, 1.165) is 0 Å². The number of halogens is 2. The normalized spacial score (nSPS) is 17.2. The number of aliphatic hydroxyl groups is 1. The Bertz CT molecular complexity index is 514. The number of amides is 1. The van der Waals surface area contributed by atoms with Crippen LogP contribution in [-0.2, 0) is 4.79 Å². The number of nitrogens with zero attached hydrogens (tertiary/aromatic N) is 1. The predicted octanol–water partition coefficient (Wildman–Crippen LogP) is 2.24. The van der Waals surface area contributed by atoms with E-state index < -0.39 is 17.4 Å². The Morgan fingerprint density at radius 2 is 1.95 bits per heavy atom. The molecule has 6 heteroatoms. The SMILES string of the molecule is CN(C)c1ccccc1NC(=O)C(F)(F)C1(O)CCC1. The lowest BCUT2D eigenvalue weighted by Crippen LogP contribution is -2.59. The zero-order chi connectivity index (χ0) is 15.0. The average molecular weight is 284 g/mol. The van der Waals surface area contributed by atoms with E-state index in [-0.39, 0.29) is 12.8 Å². The molecule has 1 aliphatic rings. The Hall–Kier alpha value is -1.69. The van der Waals surface area contributed by atoms with E-state index >= 15 is 0 Å². The van der Waals surface area contributed by atoms with E-state index in [1.54, 1.807) is 43.3 Å². The Labute approximate surface area is 116 Å². The smallest absolute Gasteiger partial charge is 0.352 e. The third-order valence-electron chi connectivity index (χ3n) is 3.68. The van der Waals surface area contributed by atoms with Gasteiger partial charge in [-0.3, -0.25) is 4.79 Å². The van der Waals surface area contributed by atoms with Crippen LogP contribution in [0.3, 0.4) is 0 Å². The molecule has 0 atom stereocenters. The monoisotopic (exact) mass is 284 g/mol. The maximum absolute atomic E-state index is 14.0. The topological polar surface area (TPSA) is 52.6 Å². The largest absolute Gasteiger partial charge is 0.383 e.